The van der Waals surface area contributed by atoms with Gasteiger partial charge in [0, 0.05) is 15.6 Å². The van der Waals surface area contributed by atoms with Gasteiger partial charge in [-0.25, -0.2) is 9.97 Å². The quantitative estimate of drug-likeness (QED) is 0.473. The minimum absolute atomic E-state index is 0.0248. The molecule has 0 aliphatic heterocycles. The fourth-order valence-electron chi connectivity index (χ4n) is 3.06. The fraction of sp³-hybridized carbons (Fsp3) is 0.389. The number of thioether (sulfide) groups is 1. The Morgan fingerprint density at radius 3 is 2.48 bits per heavy atom. The van der Waals surface area contributed by atoms with E-state index < -0.39 is 11.7 Å². The molecule has 3 aromatic rings. The number of nitrogens with zero attached hydrogens (tertiary/aromatic N) is 3. The third-order valence-corrected chi connectivity index (χ3v) is 5.48. The highest BCUT2D eigenvalue weighted by molar-refractivity contribution is 9.10. The third kappa shape index (κ3) is 3.85. The van der Waals surface area contributed by atoms with Crippen LogP contribution < -0.4 is 0 Å². The second-order valence-corrected chi connectivity index (χ2v) is 8.06. The van der Waals surface area contributed by atoms with Crippen LogP contribution in [0.4, 0.5) is 13.2 Å². The van der Waals surface area contributed by atoms with Crippen molar-refractivity contribution in [3.8, 4) is 11.5 Å². The SMILES string of the molecule is CCSc1cc(Br)cnc1-c1nc2nc(CC)c(C(F)(F)F)c(CC)c2[nH]1. The summed E-state index contributed by atoms with van der Waals surface area (Å²) < 4.78 is 41.8. The summed E-state index contributed by atoms with van der Waals surface area (Å²) in [5.74, 6) is 1.26. The Morgan fingerprint density at radius 1 is 1.15 bits per heavy atom. The first-order valence-electron chi connectivity index (χ1n) is 8.57. The molecule has 144 valence electrons. The number of hydrogen-bond acceptors (Lipinski definition) is 4. The van der Waals surface area contributed by atoms with Crippen molar-refractivity contribution in [2.75, 3.05) is 5.75 Å². The van der Waals surface area contributed by atoms with Gasteiger partial charge in [0.25, 0.3) is 0 Å². The highest BCUT2D eigenvalue weighted by Gasteiger charge is 2.37. The number of aromatic amines is 1. The second kappa shape index (κ2) is 7.79. The maximum Gasteiger partial charge on any atom is 0.418 e. The van der Waals surface area contributed by atoms with Crippen molar-refractivity contribution in [1.82, 2.24) is 19.9 Å². The molecule has 0 saturated heterocycles. The zero-order valence-corrected chi connectivity index (χ0v) is 17.4. The molecule has 0 radical (unpaired) electrons. The van der Waals surface area contributed by atoms with Gasteiger partial charge in [0.05, 0.1) is 16.8 Å². The molecule has 0 amide bonds. The fourth-order valence-corrected chi connectivity index (χ4v) is 4.35. The van der Waals surface area contributed by atoms with Crippen LogP contribution >= 0.6 is 27.7 Å². The van der Waals surface area contributed by atoms with Crippen molar-refractivity contribution >= 4 is 38.9 Å². The van der Waals surface area contributed by atoms with Crippen LogP contribution in [0, 0.1) is 0 Å². The number of aryl methyl sites for hydroxylation is 2. The first-order valence-corrected chi connectivity index (χ1v) is 10.3. The zero-order valence-electron chi connectivity index (χ0n) is 15.0. The maximum atomic E-state index is 13.7. The van der Waals surface area contributed by atoms with E-state index in [1.54, 1.807) is 31.8 Å². The number of alkyl halides is 3. The Labute approximate surface area is 167 Å². The van der Waals surface area contributed by atoms with Crippen molar-refractivity contribution in [3.05, 3.63) is 33.6 Å². The molecule has 0 fully saturated rings. The van der Waals surface area contributed by atoms with Gasteiger partial charge >= 0.3 is 6.18 Å². The number of hydrogen-bond donors (Lipinski definition) is 1. The molecule has 4 nitrogen and oxygen atoms in total. The molecule has 0 saturated carbocycles. The minimum Gasteiger partial charge on any atom is -0.335 e. The van der Waals surface area contributed by atoms with Crippen LogP contribution in [-0.2, 0) is 19.0 Å². The normalized spacial score (nSPS) is 12.1. The van der Waals surface area contributed by atoms with Crippen molar-refractivity contribution in [2.45, 2.75) is 44.7 Å². The van der Waals surface area contributed by atoms with Gasteiger partial charge in [0.1, 0.15) is 5.69 Å². The van der Waals surface area contributed by atoms with E-state index in [9.17, 15) is 13.2 Å². The van der Waals surface area contributed by atoms with Gasteiger partial charge in [-0.1, -0.05) is 20.8 Å². The number of pyridine rings is 2. The number of rotatable bonds is 5. The Balaban J connectivity index is 2.28. The van der Waals surface area contributed by atoms with Crippen LogP contribution in [0.25, 0.3) is 22.7 Å². The summed E-state index contributed by atoms with van der Waals surface area (Å²) in [5.41, 5.74) is 0.804. The van der Waals surface area contributed by atoms with Crippen LogP contribution in [0.3, 0.4) is 0 Å². The monoisotopic (exact) mass is 458 g/mol. The lowest BCUT2D eigenvalue weighted by Gasteiger charge is -2.15. The summed E-state index contributed by atoms with van der Waals surface area (Å²) >= 11 is 5.00. The number of halogens is 4. The lowest BCUT2D eigenvalue weighted by molar-refractivity contribution is -0.138. The number of nitrogens with one attached hydrogen (secondary N) is 1. The van der Waals surface area contributed by atoms with Gasteiger partial charge in [0.15, 0.2) is 11.5 Å². The lowest BCUT2D eigenvalue weighted by Crippen LogP contribution is -2.14. The van der Waals surface area contributed by atoms with E-state index >= 15 is 0 Å². The lowest BCUT2D eigenvalue weighted by atomic mass is 10.0. The zero-order chi connectivity index (χ0) is 19.8. The molecule has 0 aromatic carbocycles. The molecule has 0 aliphatic rings. The van der Waals surface area contributed by atoms with Gasteiger partial charge in [-0.3, -0.25) is 4.98 Å². The summed E-state index contributed by atoms with van der Waals surface area (Å²) in [6.45, 7) is 5.40. The van der Waals surface area contributed by atoms with Crippen molar-refractivity contribution in [1.29, 1.82) is 0 Å². The van der Waals surface area contributed by atoms with E-state index in [0.29, 0.717) is 22.7 Å². The number of H-pyrrole nitrogens is 1. The average Bonchev–Trinajstić information content (AvgIpc) is 3.03. The topological polar surface area (TPSA) is 54.5 Å². The molecule has 0 atom stereocenters. The first-order chi connectivity index (χ1) is 12.8. The van der Waals surface area contributed by atoms with E-state index in [1.165, 1.54) is 0 Å². The smallest absolute Gasteiger partial charge is 0.335 e. The molecule has 1 N–H and O–H groups in total. The minimum atomic E-state index is -4.46. The number of fused-ring (bicyclic) bond motifs is 1. The molecule has 0 aliphatic carbocycles. The highest BCUT2D eigenvalue weighted by Crippen LogP contribution is 2.38. The molecule has 27 heavy (non-hydrogen) atoms. The van der Waals surface area contributed by atoms with Crippen LogP contribution in [-0.4, -0.2) is 25.7 Å². The van der Waals surface area contributed by atoms with E-state index in [4.69, 9.17) is 0 Å². The van der Waals surface area contributed by atoms with Crippen molar-refractivity contribution in [2.24, 2.45) is 0 Å². The van der Waals surface area contributed by atoms with Gasteiger partial charge in [-0.05, 0) is 46.2 Å². The summed E-state index contributed by atoms with van der Waals surface area (Å²) in [4.78, 5) is 17.0. The summed E-state index contributed by atoms with van der Waals surface area (Å²) in [6.07, 6.45) is -2.39. The van der Waals surface area contributed by atoms with E-state index in [1.807, 2.05) is 13.0 Å². The van der Waals surface area contributed by atoms with Crippen LogP contribution in [0.5, 0.6) is 0 Å². The van der Waals surface area contributed by atoms with E-state index in [0.717, 1.165) is 15.1 Å². The molecule has 3 heterocycles. The molecule has 3 aromatic heterocycles. The summed E-state index contributed by atoms with van der Waals surface area (Å²) in [7, 11) is 0. The van der Waals surface area contributed by atoms with Crippen LogP contribution in [0.15, 0.2) is 21.6 Å². The molecule has 0 spiro atoms. The van der Waals surface area contributed by atoms with E-state index in [2.05, 4.69) is 35.9 Å². The molecule has 0 unspecified atom stereocenters. The third-order valence-electron chi connectivity index (χ3n) is 4.13. The highest BCUT2D eigenvalue weighted by atomic mass is 79.9. The van der Waals surface area contributed by atoms with Gasteiger partial charge in [0.2, 0.25) is 0 Å². The summed E-state index contributed by atoms with van der Waals surface area (Å²) in [5, 5.41) is 0. The predicted molar refractivity (Wildman–Crippen MR) is 105 cm³/mol. The second-order valence-electron chi connectivity index (χ2n) is 5.83. The van der Waals surface area contributed by atoms with Crippen LogP contribution in [0.1, 0.15) is 37.6 Å². The first kappa shape index (κ1) is 20.1. The molecular formula is C18H18BrF3N4S. The number of imidazole rings is 1. The summed E-state index contributed by atoms with van der Waals surface area (Å²) in [6, 6.07) is 1.93. The molecular weight excluding hydrogens is 441 g/mol. The molecule has 0 bridgehead atoms. The Bertz CT molecular complexity index is 985. The van der Waals surface area contributed by atoms with Gasteiger partial charge in [-0.15, -0.1) is 11.8 Å². The van der Waals surface area contributed by atoms with E-state index in [-0.39, 0.29) is 24.1 Å². The Morgan fingerprint density at radius 2 is 1.89 bits per heavy atom. The van der Waals surface area contributed by atoms with Crippen molar-refractivity contribution in [3.63, 3.8) is 0 Å². The standard InChI is InChI=1S/C18H18BrF3N4S/c1-4-10-13(18(20,21)22)11(5-2)24-16-14(10)25-17(26-16)15-12(27-6-3)7-9(19)8-23-15/h7-8H,4-6H2,1-3H3,(H,24,25,26). The molecule has 3 rings (SSSR count). The largest absolute Gasteiger partial charge is 0.418 e. The van der Waals surface area contributed by atoms with Crippen LogP contribution in [0.2, 0.25) is 0 Å². The average molecular weight is 459 g/mol. The van der Waals surface area contributed by atoms with Gasteiger partial charge < -0.3 is 4.98 Å². The molecule has 9 heteroatoms. The maximum absolute atomic E-state index is 13.7. The Kier molecular flexibility index (Phi) is 5.81. The van der Waals surface area contributed by atoms with Gasteiger partial charge in [-0.2, -0.15) is 13.2 Å². The Hall–Kier alpha value is -1.61. The van der Waals surface area contributed by atoms with Crippen molar-refractivity contribution < 1.29 is 13.2 Å². The predicted octanol–water partition coefficient (Wildman–Crippen LogP) is 6.04. The number of aromatic nitrogens is 4.